The number of hydrogen-bond donors (Lipinski definition) is 1. The number of hydrogen-bond acceptors (Lipinski definition) is 5. The van der Waals surface area contributed by atoms with Crippen LogP contribution < -0.4 is 10.1 Å². The zero-order valence-corrected chi connectivity index (χ0v) is 14.7. The normalized spacial score (nSPS) is 16.1. The Morgan fingerprint density at radius 1 is 1.46 bits per heavy atom. The lowest BCUT2D eigenvalue weighted by Gasteiger charge is -2.26. The van der Waals surface area contributed by atoms with Gasteiger partial charge in [-0.15, -0.1) is 0 Å². The summed E-state index contributed by atoms with van der Waals surface area (Å²) >= 11 is 3.17. The van der Waals surface area contributed by atoms with Crippen LogP contribution in [0.3, 0.4) is 0 Å². The maximum atomic E-state index is 13.7. The summed E-state index contributed by atoms with van der Waals surface area (Å²) in [5, 5.41) is 6.90. The van der Waals surface area contributed by atoms with Crippen molar-refractivity contribution >= 4 is 21.8 Å². The predicted molar refractivity (Wildman–Crippen MR) is 86.9 cm³/mol. The van der Waals surface area contributed by atoms with Crippen LogP contribution in [0.15, 0.2) is 27.2 Å². The number of aromatic nitrogens is 2. The van der Waals surface area contributed by atoms with Crippen LogP contribution in [-0.4, -0.2) is 22.7 Å². The number of aryl methyl sites for hydroxylation is 1. The molecule has 0 spiro atoms. The SMILES string of the molecule is Cc1nc(C2(NC(=O)COc3ccc(Br)cc3F)CCCC2)no1. The summed E-state index contributed by atoms with van der Waals surface area (Å²) in [6.07, 6.45) is 3.42. The van der Waals surface area contributed by atoms with Crippen LogP contribution in [0.2, 0.25) is 0 Å². The summed E-state index contributed by atoms with van der Waals surface area (Å²) in [6.45, 7) is 1.43. The molecule has 0 bridgehead atoms. The van der Waals surface area contributed by atoms with Gasteiger partial charge in [0.15, 0.2) is 24.0 Å². The average Bonchev–Trinajstić information content (AvgIpc) is 3.16. The first kappa shape index (κ1) is 16.9. The van der Waals surface area contributed by atoms with Crippen molar-refractivity contribution in [2.45, 2.75) is 38.1 Å². The second-order valence-electron chi connectivity index (χ2n) is 5.84. The monoisotopic (exact) mass is 397 g/mol. The number of carbonyl (C=O) groups excluding carboxylic acids is 1. The molecular weight excluding hydrogens is 381 g/mol. The molecular formula is C16H17BrFN3O3. The smallest absolute Gasteiger partial charge is 0.258 e. The molecule has 3 rings (SSSR count). The molecule has 1 aromatic heterocycles. The maximum absolute atomic E-state index is 13.7. The highest BCUT2D eigenvalue weighted by atomic mass is 79.9. The number of halogens is 2. The van der Waals surface area contributed by atoms with Gasteiger partial charge >= 0.3 is 0 Å². The Morgan fingerprint density at radius 3 is 2.83 bits per heavy atom. The van der Waals surface area contributed by atoms with E-state index in [0.29, 0.717) is 16.2 Å². The molecule has 0 aliphatic heterocycles. The van der Waals surface area contributed by atoms with Gasteiger partial charge in [0, 0.05) is 11.4 Å². The Morgan fingerprint density at radius 2 is 2.21 bits per heavy atom. The summed E-state index contributed by atoms with van der Waals surface area (Å²) in [5.41, 5.74) is -0.629. The molecule has 24 heavy (non-hydrogen) atoms. The fourth-order valence-corrected chi connectivity index (χ4v) is 3.25. The molecule has 0 radical (unpaired) electrons. The first-order valence-electron chi connectivity index (χ1n) is 7.68. The maximum Gasteiger partial charge on any atom is 0.258 e. The first-order chi connectivity index (χ1) is 11.5. The van der Waals surface area contributed by atoms with Crippen molar-refractivity contribution in [1.82, 2.24) is 15.5 Å². The summed E-state index contributed by atoms with van der Waals surface area (Å²) in [7, 11) is 0. The van der Waals surface area contributed by atoms with Crippen molar-refractivity contribution < 1.29 is 18.4 Å². The lowest BCUT2D eigenvalue weighted by atomic mass is 9.96. The predicted octanol–water partition coefficient (Wildman–Crippen LogP) is 3.24. The van der Waals surface area contributed by atoms with Gasteiger partial charge in [0.25, 0.3) is 5.91 Å². The summed E-state index contributed by atoms with van der Waals surface area (Å²) in [4.78, 5) is 16.5. The minimum absolute atomic E-state index is 0.0317. The molecule has 6 nitrogen and oxygen atoms in total. The van der Waals surface area contributed by atoms with Crippen molar-refractivity contribution in [2.24, 2.45) is 0 Å². The van der Waals surface area contributed by atoms with Gasteiger partial charge in [0.05, 0.1) is 0 Å². The van der Waals surface area contributed by atoms with E-state index in [4.69, 9.17) is 9.26 Å². The third-order valence-corrected chi connectivity index (χ3v) is 4.54. The number of benzene rings is 1. The van der Waals surface area contributed by atoms with Crippen LogP contribution in [0.1, 0.15) is 37.4 Å². The first-order valence-corrected chi connectivity index (χ1v) is 8.47. The van der Waals surface area contributed by atoms with Crippen molar-refractivity contribution in [2.75, 3.05) is 6.61 Å². The van der Waals surface area contributed by atoms with Crippen LogP contribution in [0.25, 0.3) is 0 Å². The van der Waals surface area contributed by atoms with Crippen LogP contribution in [0, 0.1) is 12.7 Å². The van der Waals surface area contributed by atoms with E-state index in [9.17, 15) is 9.18 Å². The molecule has 128 valence electrons. The molecule has 0 atom stereocenters. The third-order valence-electron chi connectivity index (χ3n) is 4.04. The van der Waals surface area contributed by atoms with E-state index in [1.165, 1.54) is 12.1 Å². The average molecular weight is 398 g/mol. The van der Waals surface area contributed by atoms with Gasteiger partial charge in [-0.3, -0.25) is 4.79 Å². The molecule has 1 N–H and O–H groups in total. The van der Waals surface area contributed by atoms with Crippen molar-refractivity contribution in [1.29, 1.82) is 0 Å². The summed E-state index contributed by atoms with van der Waals surface area (Å²) in [6, 6.07) is 4.41. The van der Waals surface area contributed by atoms with Gasteiger partial charge in [0.1, 0.15) is 5.54 Å². The standard InChI is InChI=1S/C16H17BrFN3O3/c1-10-19-15(21-24-10)16(6-2-3-7-16)20-14(22)9-23-13-5-4-11(17)8-12(13)18/h4-5,8H,2-3,6-7,9H2,1H3,(H,20,22). The molecule has 1 aromatic carbocycles. The number of carbonyl (C=O) groups is 1. The molecule has 1 aliphatic rings. The van der Waals surface area contributed by atoms with Crippen LogP contribution in [-0.2, 0) is 10.3 Å². The summed E-state index contributed by atoms with van der Waals surface area (Å²) in [5.74, 6) is 0.104. The molecule has 1 aliphatic carbocycles. The van der Waals surface area contributed by atoms with E-state index < -0.39 is 11.4 Å². The molecule has 8 heteroatoms. The van der Waals surface area contributed by atoms with Gasteiger partial charge in [-0.25, -0.2) is 4.39 Å². The second kappa shape index (κ2) is 6.88. The number of nitrogens with zero attached hydrogens (tertiary/aromatic N) is 2. The van der Waals surface area contributed by atoms with Crippen molar-refractivity contribution in [3.63, 3.8) is 0 Å². The Labute approximate surface area is 146 Å². The molecule has 1 amide bonds. The Hall–Kier alpha value is -1.96. The zero-order valence-electron chi connectivity index (χ0n) is 13.1. The Bertz CT molecular complexity index is 744. The highest BCUT2D eigenvalue weighted by molar-refractivity contribution is 9.10. The fraction of sp³-hybridized carbons (Fsp3) is 0.438. The van der Waals surface area contributed by atoms with Crippen molar-refractivity contribution in [3.8, 4) is 5.75 Å². The molecule has 0 saturated heterocycles. The second-order valence-corrected chi connectivity index (χ2v) is 6.75. The molecule has 1 saturated carbocycles. The van der Waals surface area contributed by atoms with Gasteiger partial charge in [-0.05, 0) is 31.0 Å². The van der Waals surface area contributed by atoms with Crippen molar-refractivity contribution in [3.05, 3.63) is 40.2 Å². The van der Waals surface area contributed by atoms with Gasteiger partial charge in [-0.1, -0.05) is 33.9 Å². The Kier molecular flexibility index (Phi) is 4.84. The quantitative estimate of drug-likeness (QED) is 0.837. The topological polar surface area (TPSA) is 77.2 Å². The largest absolute Gasteiger partial charge is 0.481 e. The molecule has 2 aromatic rings. The van der Waals surface area contributed by atoms with E-state index in [1.54, 1.807) is 13.0 Å². The number of amides is 1. The molecule has 0 unspecified atom stereocenters. The van der Waals surface area contributed by atoms with E-state index in [0.717, 1.165) is 25.7 Å². The highest BCUT2D eigenvalue weighted by Crippen LogP contribution is 2.37. The lowest BCUT2D eigenvalue weighted by molar-refractivity contribution is -0.125. The van der Waals surface area contributed by atoms with E-state index >= 15 is 0 Å². The third kappa shape index (κ3) is 3.58. The lowest BCUT2D eigenvalue weighted by Crippen LogP contribution is -2.46. The minimum atomic E-state index is -0.629. The fourth-order valence-electron chi connectivity index (χ4n) is 2.92. The molecule has 1 fully saturated rings. The van der Waals surface area contributed by atoms with E-state index in [2.05, 4.69) is 31.4 Å². The number of rotatable bonds is 5. The Balaban J connectivity index is 1.66. The van der Waals surface area contributed by atoms with E-state index in [1.807, 2.05) is 0 Å². The molecule has 1 heterocycles. The van der Waals surface area contributed by atoms with Gasteiger partial charge in [0.2, 0.25) is 5.89 Å². The number of ether oxygens (including phenoxy) is 1. The van der Waals surface area contributed by atoms with Crippen LogP contribution >= 0.6 is 15.9 Å². The highest BCUT2D eigenvalue weighted by Gasteiger charge is 2.41. The van der Waals surface area contributed by atoms with Crippen LogP contribution in [0.5, 0.6) is 5.75 Å². The zero-order chi connectivity index (χ0) is 17.2. The minimum Gasteiger partial charge on any atom is -0.481 e. The summed E-state index contributed by atoms with van der Waals surface area (Å²) < 4.78 is 24.7. The van der Waals surface area contributed by atoms with Crippen LogP contribution in [0.4, 0.5) is 4.39 Å². The van der Waals surface area contributed by atoms with Gasteiger partial charge < -0.3 is 14.6 Å². The van der Waals surface area contributed by atoms with E-state index in [-0.39, 0.29) is 18.3 Å². The number of nitrogens with one attached hydrogen (secondary N) is 1. The van der Waals surface area contributed by atoms with Gasteiger partial charge in [-0.2, -0.15) is 4.98 Å².